The van der Waals surface area contributed by atoms with E-state index in [9.17, 15) is 0 Å². The van der Waals surface area contributed by atoms with Crippen molar-refractivity contribution in [3.63, 3.8) is 0 Å². The Balaban J connectivity index is 1.68. The van der Waals surface area contributed by atoms with E-state index in [2.05, 4.69) is 73.7 Å². The lowest BCUT2D eigenvalue weighted by Crippen LogP contribution is -2.04. The maximum absolute atomic E-state index is 6.04. The summed E-state index contributed by atoms with van der Waals surface area (Å²) in [6.45, 7) is 3.14. The lowest BCUT2D eigenvalue weighted by molar-refractivity contribution is 0.326. The van der Waals surface area contributed by atoms with Gasteiger partial charge in [-0.05, 0) is 22.7 Å². The summed E-state index contributed by atoms with van der Waals surface area (Å²) in [6.07, 6.45) is 14.4. The molecule has 0 spiro atoms. The zero-order chi connectivity index (χ0) is 19.0. The van der Waals surface area contributed by atoms with Crippen molar-refractivity contribution in [2.75, 3.05) is 6.61 Å². The van der Waals surface area contributed by atoms with Gasteiger partial charge < -0.3 is 4.43 Å². The average molecular weight is 379 g/mol. The number of hydrogen-bond acceptors (Lipinski definition) is 1. The van der Waals surface area contributed by atoms with Gasteiger partial charge in [-0.15, -0.1) is 0 Å². The van der Waals surface area contributed by atoms with E-state index in [0.29, 0.717) is 9.76 Å². The predicted octanol–water partition coefficient (Wildman–Crippen LogP) is 7.35. The van der Waals surface area contributed by atoms with Crippen LogP contribution >= 0.6 is 0 Å². The highest BCUT2D eigenvalue weighted by Gasteiger charge is 2.05. The normalized spacial score (nSPS) is 11.7. The molecule has 0 aliphatic carbocycles. The fourth-order valence-corrected chi connectivity index (χ4v) is 4.03. The maximum Gasteiger partial charge on any atom is 0.269 e. The summed E-state index contributed by atoms with van der Waals surface area (Å²) >= 11 is 0. The SMILES string of the molecule is CCCCCCCCCCCO[Si]/C(=C\c1ccccc1)c1ccccc1. The molecule has 0 N–H and O–H groups in total. The monoisotopic (exact) mass is 378 g/mol. The van der Waals surface area contributed by atoms with E-state index in [1.165, 1.54) is 74.1 Å². The van der Waals surface area contributed by atoms with Gasteiger partial charge in [-0.2, -0.15) is 0 Å². The van der Waals surface area contributed by atoms with E-state index in [0.717, 1.165) is 6.61 Å². The molecule has 2 aromatic carbocycles. The molecule has 0 aromatic heterocycles. The number of hydrogen-bond donors (Lipinski definition) is 0. The summed E-state index contributed by atoms with van der Waals surface area (Å²) in [4.78, 5) is 0. The summed E-state index contributed by atoms with van der Waals surface area (Å²) in [7, 11) is 0.399. The van der Waals surface area contributed by atoms with Crippen LogP contribution in [0.4, 0.5) is 0 Å². The summed E-state index contributed by atoms with van der Waals surface area (Å²) in [5, 5.41) is 1.28. The van der Waals surface area contributed by atoms with Crippen molar-refractivity contribution in [2.45, 2.75) is 64.7 Å². The summed E-state index contributed by atoms with van der Waals surface area (Å²) < 4.78 is 6.04. The second-order valence-electron chi connectivity index (χ2n) is 7.11. The molecule has 0 aliphatic rings. The Morgan fingerprint density at radius 3 is 1.93 bits per heavy atom. The highest BCUT2D eigenvalue weighted by molar-refractivity contribution is 6.57. The molecule has 0 bridgehead atoms. The first kappa shape index (κ1) is 21.7. The third kappa shape index (κ3) is 9.74. The zero-order valence-corrected chi connectivity index (χ0v) is 17.8. The first-order valence-electron chi connectivity index (χ1n) is 10.6. The molecule has 0 heterocycles. The van der Waals surface area contributed by atoms with Crippen LogP contribution in [0, 0.1) is 0 Å². The predicted molar refractivity (Wildman–Crippen MR) is 120 cm³/mol. The molecule has 2 rings (SSSR count). The van der Waals surface area contributed by atoms with Crippen molar-refractivity contribution in [1.29, 1.82) is 0 Å². The Morgan fingerprint density at radius 1 is 0.741 bits per heavy atom. The van der Waals surface area contributed by atoms with Gasteiger partial charge in [0.15, 0.2) is 0 Å². The lowest BCUT2D eigenvalue weighted by Gasteiger charge is -2.08. The van der Waals surface area contributed by atoms with Gasteiger partial charge in [0.2, 0.25) is 0 Å². The van der Waals surface area contributed by atoms with Crippen LogP contribution < -0.4 is 0 Å². The van der Waals surface area contributed by atoms with Gasteiger partial charge in [-0.1, -0.05) is 125 Å². The molecular formula is C25H34OSi. The van der Waals surface area contributed by atoms with Gasteiger partial charge in [-0.3, -0.25) is 0 Å². The minimum absolute atomic E-state index is 0.399. The van der Waals surface area contributed by atoms with E-state index < -0.39 is 0 Å². The van der Waals surface area contributed by atoms with E-state index in [-0.39, 0.29) is 0 Å². The van der Waals surface area contributed by atoms with E-state index in [1.54, 1.807) is 0 Å². The molecule has 0 saturated carbocycles. The van der Waals surface area contributed by atoms with Crippen LogP contribution in [0.5, 0.6) is 0 Å². The third-order valence-corrected chi connectivity index (χ3v) is 5.73. The van der Waals surface area contributed by atoms with Crippen molar-refractivity contribution >= 4 is 21.0 Å². The van der Waals surface area contributed by atoms with Gasteiger partial charge in [0, 0.05) is 6.61 Å². The zero-order valence-electron chi connectivity index (χ0n) is 16.8. The topological polar surface area (TPSA) is 9.23 Å². The number of unbranched alkanes of at least 4 members (excludes halogenated alkanes) is 8. The summed E-state index contributed by atoms with van der Waals surface area (Å²) in [5.41, 5.74) is 2.49. The Bertz CT molecular complexity index is 621. The Hall–Kier alpha value is -1.64. The van der Waals surface area contributed by atoms with Gasteiger partial charge in [0.05, 0.1) is 0 Å². The molecule has 1 nitrogen and oxygen atoms in total. The average Bonchev–Trinajstić information content (AvgIpc) is 2.72. The van der Waals surface area contributed by atoms with Crippen LogP contribution in [0.1, 0.15) is 75.8 Å². The van der Waals surface area contributed by atoms with Crippen LogP contribution in [0.15, 0.2) is 60.7 Å². The molecule has 144 valence electrons. The van der Waals surface area contributed by atoms with Crippen molar-refractivity contribution in [3.8, 4) is 0 Å². The van der Waals surface area contributed by atoms with E-state index in [1.807, 2.05) is 0 Å². The van der Waals surface area contributed by atoms with Gasteiger partial charge >= 0.3 is 0 Å². The highest BCUT2D eigenvalue weighted by atomic mass is 28.2. The molecule has 27 heavy (non-hydrogen) atoms. The first-order valence-corrected chi connectivity index (χ1v) is 11.5. The summed E-state index contributed by atoms with van der Waals surface area (Å²) in [5.74, 6) is 0. The molecule has 0 unspecified atom stereocenters. The summed E-state index contributed by atoms with van der Waals surface area (Å²) in [6, 6.07) is 21.1. The van der Waals surface area contributed by atoms with Gasteiger partial charge in [-0.25, -0.2) is 0 Å². The Kier molecular flexibility index (Phi) is 11.6. The van der Waals surface area contributed by atoms with Crippen LogP contribution in [0.2, 0.25) is 0 Å². The van der Waals surface area contributed by atoms with Crippen molar-refractivity contribution in [3.05, 3.63) is 71.8 Å². The molecule has 0 saturated heterocycles. The van der Waals surface area contributed by atoms with E-state index in [4.69, 9.17) is 4.43 Å². The molecule has 0 atom stereocenters. The molecule has 0 fully saturated rings. The largest absolute Gasteiger partial charge is 0.411 e. The standard InChI is InChI=1S/C25H34OSi/c1-2-3-4-5-6-7-8-9-16-21-26-27-25(24-19-14-11-15-20-24)22-23-17-12-10-13-18-23/h10-15,17-20,22H,2-9,16,21H2,1H3/b25-22-. The van der Waals surface area contributed by atoms with Crippen LogP contribution in [-0.4, -0.2) is 16.4 Å². The van der Waals surface area contributed by atoms with Crippen LogP contribution in [0.3, 0.4) is 0 Å². The van der Waals surface area contributed by atoms with Crippen molar-refractivity contribution in [2.24, 2.45) is 0 Å². The molecule has 0 aliphatic heterocycles. The second kappa shape index (κ2) is 14.4. The Labute approximate surface area is 168 Å². The number of rotatable bonds is 14. The van der Waals surface area contributed by atoms with E-state index >= 15 is 0 Å². The number of benzene rings is 2. The van der Waals surface area contributed by atoms with Crippen molar-refractivity contribution < 1.29 is 4.43 Å². The second-order valence-corrected chi connectivity index (χ2v) is 8.15. The Morgan fingerprint density at radius 2 is 1.30 bits per heavy atom. The molecular weight excluding hydrogens is 344 g/mol. The van der Waals surface area contributed by atoms with Crippen LogP contribution in [-0.2, 0) is 4.43 Å². The quantitative estimate of drug-likeness (QED) is 0.190. The van der Waals surface area contributed by atoms with Crippen molar-refractivity contribution in [1.82, 2.24) is 0 Å². The molecule has 2 radical (unpaired) electrons. The minimum atomic E-state index is 0.399. The highest BCUT2D eigenvalue weighted by Crippen LogP contribution is 2.17. The van der Waals surface area contributed by atoms with Gasteiger partial charge in [0.25, 0.3) is 9.76 Å². The fraction of sp³-hybridized carbons (Fsp3) is 0.440. The van der Waals surface area contributed by atoms with Crippen LogP contribution in [0.25, 0.3) is 11.3 Å². The maximum atomic E-state index is 6.04. The molecule has 0 amide bonds. The smallest absolute Gasteiger partial charge is 0.269 e. The fourth-order valence-electron chi connectivity index (χ4n) is 3.12. The lowest BCUT2D eigenvalue weighted by atomic mass is 10.1. The molecule has 2 aromatic rings. The third-order valence-electron chi connectivity index (χ3n) is 4.73. The molecule has 2 heteroatoms. The van der Waals surface area contributed by atoms with Gasteiger partial charge in [0.1, 0.15) is 0 Å². The minimum Gasteiger partial charge on any atom is -0.411 e. The first-order chi connectivity index (χ1) is 13.4.